The van der Waals surface area contributed by atoms with Gasteiger partial charge in [-0.2, -0.15) is 4.18 Å². The summed E-state index contributed by atoms with van der Waals surface area (Å²) in [5.74, 6) is 0. The van der Waals surface area contributed by atoms with Crippen molar-refractivity contribution in [1.82, 2.24) is 0 Å². The van der Waals surface area contributed by atoms with Gasteiger partial charge >= 0.3 is 33.0 Å². The van der Waals surface area contributed by atoms with E-state index in [0.717, 1.165) is 11.8 Å². The molecule has 98 valence electrons. The average molecular weight is 345 g/mol. The molecule has 0 radical (unpaired) electrons. The summed E-state index contributed by atoms with van der Waals surface area (Å²) in [4.78, 5) is 0. The summed E-state index contributed by atoms with van der Waals surface area (Å²) >= 11 is 6.32. The first-order valence-corrected chi connectivity index (χ1v) is 7.10. The molecule has 0 aliphatic rings. The van der Waals surface area contributed by atoms with Gasteiger partial charge in [0.1, 0.15) is 18.5 Å². The zero-order valence-corrected chi connectivity index (χ0v) is 11.4. The molecule has 0 aromatic carbocycles. The first kappa shape index (κ1) is 18.2. The van der Waals surface area contributed by atoms with Crippen molar-refractivity contribution in [2.75, 3.05) is 5.33 Å². The maximum absolute atomic E-state index is 10.7. The molecule has 0 aliphatic carbocycles. The summed E-state index contributed by atoms with van der Waals surface area (Å²) < 4.78 is 64.1. The topological polar surface area (TPSA) is 9.23 Å². The van der Waals surface area contributed by atoms with Crippen LogP contribution in [0.2, 0.25) is 0 Å². The van der Waals surface area contributed by atoms with Gasteiger partial charge in [-0.25, -0.2) is 0 Å². The van der Waals surface area contributed by atoms with Crippen molar-refractivity contribution in [3.63, 3.8) is 0 Å². The quantitative estimate of drug-likeness (QED) is 0.307. The Morgan fingerprint density at radius 3 is 1.47 bits per heavy atom. The van der Waals surface area contributed by atoms with Gasteiger partial charge in [-0.3, -0.25) is 0 Å². The van der Waals surface area contributed by atoms with Crippen LogP contribution in [0, 0.1) is 0 Å². The molecule has 0 saturated carbocycles. The number of hydrogen-bond acceptors (Lipinski definition) is 1. The molecule has 0 rings (SSSR count). The Balaban J connectivity index is 0. The van der Waals surface area contributed by atoms with Crippen molar-refractivity contribution in [3.8, 4) is 0 Å². The molecule has 0 amide bonds. The van der Waals surface area contributed by atoms with Crippen molar-refractivity contribution in [2.24, 2.45) is 0 Å². The fourth-order valence-electron chi connectivity index (χ4n) is 0.279. The number of alkyl halides is 1. The Morgan fingerprint density at radius 2 is 1.40 bits per heavy atom. The van der Waals surface area contributed by atoms with Gasteiger partial charge in [0.2, 0.25) is 0 Å². The standard InChI is InChI=1S/C5H11BrOS.F6P/c1-5(2,7-8)3-4-6;1-7(2,3,4,5)6/h8H,3-4H2,1-2H3;/q;-1/p+1. The SMILES string of the molecule is CC(C)(CCBr)O[SH2+].F[P-](F)(F)(F)(F)F. The van der Waals surface area contributed by atoms with Crippen LogP contribution in [0.4, 0.5) is 25.2 Å². The molecule has 0 aliphatic heterocycles. The molecular weight excluding hydrogens is 333 g/mol. The van der Waals surface area contributed by atoms with E-state index >= 15 is 0 Å². The molecular formula is C5H12BrF6OPS. The normalized spacial score (nSPS) is 17.2. The van der Waals surface area contributed by atoms with E-state index in [1.165, 1.54) is 0 Å². The summed E-state index contributed by atoms with van der Waals surface area (Å²) in [5.41, 5.74) is -0.0413. The Bertz CT molecular complexity index is 189. The van der Waals surface area contributed by atoms with Crippen LogP contribution >= 0.6 is 23.7 Å². The van der Waals surface area contributed by atoms with Crippen molar-refractivity contribution in [2.45, 2.75) is 25.9 Å². The van der Waals surface area contributed by atoms with Crippen molar-refractivity contribution in [3.05, 3.63) is 0 Å². The molecule has 1 nitrogen and oxygen atoms in total. The molecule has 0 unspecified atom stereocenters. The average Bonchev–Trinajstić information content (AvgIpc) is 1.80. The van der Waals surface area contributed by atoms with Crippen LogP contribution in [-0.2, 0) is 17.1 Å². The summed E-state index contributed by atoms with van der Waals surface area (Å²) in [5, 5.41) is 0.977. The van der Waals surface area contributed by atoms with Crippen molar-refractivity contribution < 1.29 is 29.4 Å². The molecule has 0 spiro atoms. The summed E-state index contributed by atoms with van der Waals surface area (Å²) in [6.45, 7) is 4.06. The maximum atomic E-state index is 9.87. The summed E-state index contributed by atoms with van der Waals surface area (Å²) in [6.07, 6.45) is 1.01. The van der Waals surface area contributed by atoms with Crippen LogP contribution in [0.1, 0.15) is 20.3 Å². The molecule has 15 heavy (non-hydrogen) atoms. The molecule has 0 atom stereocenters. The van der Waals surface area contributed by atoms with Gasteiger partial charge in [0.15, 0.2) is 0 Å². The number of halogens is 7. The molecule has 10 heteroatoms. The monoisotopic (exact) mass is 344 g/mol. The Hall–Kier alpha value is 0.800. The predicted octanol–water partition coefficient (Wildman–Crippen LogP) is 4.88. The van der Waals surface area contributed by atoms with Crippen LogP contribution in [-0.4, -0.2) is 10.9 Å². The predicted molar refractivity (Wildman–Crippen MR) is 57.3 cm³/mol. The van der Waals surface area contributed by atoms with Crippen molar-refractivity contribution in [1.29, 1.82) is 0 Å². The van der Waals surface area contributed by atoms with Gasteiger partial charge < -0.3 is 0 Å². The van der Waals surface area contributed by atoms with Gasteiger partial charge in [-0.15, -0.1) is 0 Å². The first-order chi connectivity index (χ1) is 6.07. The van der Waals surface area contributed by atoms with E-state index in [-0.39, 0.29) is 5.60 Å². The third-order valence-corrected chi connectivity index (χ3v) is 1.92. The van der Waals surface area contributed by atoms with Gasteiger partial charge in [0, 0.05) is 5.33 Å². The fourth-order valence-corrected chi connectivity index (χ4v) is 1.34. The molecule has 0 N–H and O–H groups in total. The van der Waals surface area contributed by atoms with E-state index in [1.54, 1.807) is 0 Å². The minimum absolute atomic E-state index is 0.0413. The van der Waals surface area contributed by atoms with E-state index in [2.05, 4.69) is 28.8 Å². The van der Waals surface area contributed by atoms with E-state index in [4.69, 9.17) is 4.18 Å². The van der Waals surface area contributed by atoms with Crippen LogP contribution < -0.4 is 0 Å². The van der Waals surface area contributed by atoms with Crippen LogP contribution in [0.25, 0.3) is 0 Å². The van der Waals surface area contributed by atoms with Gasteiger partial charge in [0.05, 0.1) is 0 Å². The second kappa shape index (κ2) is 4.58. The van der Waals surface area contributed by atoms with E-state index < -0.39 is 7.81 Å². The second-order valence-corrected chi connectivity index (χ2v) is 6.17. The third-order valence-electron chi connectivity index (χ3n) is 0.973. The molecule has 0 aromatic heterocycles. The molecule has 0 aromatic rings. The third kappa shape index (κ3) is 39.9. The van der Waals surface area contributed by atoms with E-state index in [0.29, 0.717) is 0 Å². The first-order valence-electron chi connectivity index (χ1n) is 3.54. The van der Waals surface area contributed by atoms with E-state index in [9.17, 15) is 25.2 Å². The Kier molecular flexibility index (Phi) is 5.55. The molecule has 0 fully saturated rings. The summed E-state index contributed by atoms with van der Waals surface area (Å²) in [6, 6.07) is 0. The molecule has 0 heterocycles. The van der Waals surface area contributed by atoms with Crippen LogP contribution in [0.15, 0.2) is 0 Å². The fraction of sp³-hybridized carbons (Fsp3) is 1.00. The van der Waals surface area contributed by atoms with E-state index in [1.807, 2.05) is 13.8 Å². The number of rotatable bonds is 3. The zero-order valence-electron chi connectivity index (χ0n) is 7.92. The minimum atomic E-state index is -10.7. The van der Waals surface area contributed by atoms with Crippen LogP contribution in [0.3, 0.4) is 0 Å². The molecule has 0 bridgehead atoms. The second-order valence-electron chi connectivity index (χ2n) is 3.26. The van der Waals surface area contributed by atoms with Gasteiger partial charge in [0.25, 0.3) is 0 Å². The van der Waals surface area contributed by atoms with Crippen LogP contribution in [0.5, 0.6) is 0 Å². The number of hydrogen-bond donors (Lipinski definition) is 0. The Labute approximate surface area is 97.5 Å². The van der Waals surface area contributed by atoms with Gasteiger partial charge in [-0.1, -0.05) is 15.9 Å². The van der Waals surface area contributed by atoms with Crippen molar-refractivity contribution >= 4 is 36.6 Å². The Morgan fingerprint density at radius 1 is 1.13 bits per heavy atom. The van der Waals surface area contributed by atoms with Gasteiger partial charge in [-0.05, 0) is 20.3 Å². The molecule has 0 saturated heterocycles. The summed E-state index contributed by atoms with van der Waals surface area (Å²) in [7, 11) is -10.7. The zero-order chi connectivity index (χ0) is 13.0.